The molecule has 6 aromatic rings. The number of imidazole rings is 1. The number of nitrogens with zero attached hydrogens (tertiary/aromatic N) is 5. The Kier molecular flexibility index (Phi) is 14.4. The summed E-state index contributed by atoms with van der Waals surface area (Å²) in [7, 11) is -8.83. The van der Waals surface area contributed by atoms with Gasteiger partial charge in [-0.25, -0.2) is 18.4 Å². The summed E-state index contributed by atoms with van der Waals surface area (Å²) in [6.45, 7) is 4.76. The highest BCUT2D eigenvalue weighted by atomic mass is 32.2. The van der Waals surface area contributed by atoms with E-state index in [1.807, 2.05) is 0 Å². The van der Waals surface area contributed by atoms with Crippen molar-refractivity contribution >= 4 is 66.8 Å². The minimum atomic E-state index is -4.48. The SMILES string of the molecule is Cc1cc(C)c(S(=O)(=O)NC(CNC(=O)c2cn(CCCNC(=O)c3ccc(N/N=C/c4ccccc4S(=O)(=O)O)nc3)c3cc(CNc4nccn4O)ccc3c2=O)C(=O)O)c(C)c1. The number of pyridine rings is 2. The second-order valence-electron chi connectivity index (χ2n) is 14.7. The number of hydrogen-bond acceptors (Lipinski definition) is 14. The molecule has 0 bridgehead atoms. The Bertz CT molecular complexity index is 3070. The van der Waals surface area contributed by atoms with Crippen LogP contribution in [0.5, 0.6) is 0 Å². The lowest BCUT2D eigenvalue weighted by Gasteiger charge is -2.19. The van der Waals surface area contributed by atoms with Crippen LogP contribution in [0, 0.1) is 20.8 Å². The van der Waals surface area contributed by atoms with Crippen molar-refractivity contribution in [2.24, 2.45) is 5.10 Å². The number of sulfonamides is 1. The van der Waals surface area contributed by atoms with E-state index in [1.165, 1.54) is 67.4 Å². The average molecular weight is 929 g/mol. The fourth-order valence-corrected chi connectivity index (χ4v) is 9.25. The highest BCUT2D eigenvalue weighted by molar-refractivity contribution is 7.89. The molecule has 0 spiro atoms. The van der Waals surface area contributed by atoms with Crippen LogP contribution in [0.25, 0.3) is 10.9 Å². The number of benzene rings is 3. The summed E-state index contributed by atoms with van der Waals surface area (Å²) >= 11 is 0. The fraction of sp³-hybridized carbons (Fsp3) is 0.214. The number of carbonyl (C=O) groups is 3. The average Bonchev–Trinajstić information content (AvgIpc) is 3.67. The van der Waals surface area contributed by atoms with Crippen LogP contribution in [0.4, 0.5) is 11.8 Å². The van der Waals surface area contributed by atoms with Crippen LogP contribution in [0.2, 0.25) is 0 Å². The van der Waals surface area contributed by atoms with Gasteiger partial charge in [0.2, 0.25) is 21.4 Å². The van der Waals surface area contributed by atoms with Crippen molar-refractivity contribution in [1.82, 2.24) is 34.6 Å². The third-order valence-corrected chi connectivity index (χ3v) is 12.6. The van der Waals surface area contributed by atoms with Gasteiger partial charge in [0, 0.05) is 49.5 Å². The molecule has 0 aliphatic heterocycles. The number of hydrogen-bond donors (Lipinski definition) is 8. The summed E-state index contributed by atoms with van der Waals surface area (Å²) in [5.74, 6) is -2.58. The van der Waals surface area contributed by atoms with E-state index in [2.05, 4.69) is 41.2 Å². The second-order valence-corrected chi connectivity index (χ2v) is 17.8. The summed E-state index contributed by atoms with van der Waals surface area (Å²) in [5.41, 5.74) is 4.67. The highest BCUT2D eigenvalue weighted by Crippen LogP contribution is 2.22. The van der Waals surface area contributed by atoms with E-state index in [0.29, 0.717) is 28.6 Å². The molecule has 0 radical (unpaired) electrons. The number of rotatable bonds is 19. The van der Waals surface area contributed by atoms with Crippen LogP contribution in [0.3, 0.4) is 0 Å². The maximum absolute atomic E-state index is 13.8. The summed E-state index contributed by atoms with van der Waals surface area (Å²) in [4.78, 5) is 60.5. The quantitative estimate of drug-likeness (QED) is 0.0190. The summed E-state index contributed by atoms with van der Waals surface area (Å²) in [6.07, 6.45) is 6.81. The van der Waals surface area contributed by atoms with E-state index in [4.69, 9.17) is 0 Å². The van der Waals surface area contributed by atoms with Gasteiger partial charge in [-0.1, -0.05) is 42.0 Å². The Labute approximate surface area is 372 Å². The standard InChI is InChI=1S/C42H44N10O11S2/c1-25-17-26(2)38(27(3)18-25)64(59,60)50-33(41(56)57)23-46-40(55)32-24-51(34-19-28(9-11-31(34)37(32)53)20-47-42-44-14-16-52(42)58)15-6-13-43-39(54)30-10-12-36(45-21-30)49-48-22-29-7-4-5-8-35(29)65(61,62)63/h4-5,7-12,14,16-19,21-22,24,33,50,58H,6,13,15,20,23H2,1-3H3,(H,43,54)(H,44,47)(H,45,49)(H,46,55)(H,56,57)(H,61,62,63)/b48-22+. The maximum Gasteiger partial charge on any atom is 0.323 e. The largest absolute Gasteiger partial charge is 0.480 e. The molecule has 2 amide bonds. The van der Waals surface area contributed by atoms with Crippen LogP contribution >= 0.6 is 0 Å². The van der Waals surface area contributed by atoms with Crippen LogP contribution < -0.4 is 31.5 Å². The van der Waals surface area contributed by atoms with Gasteiger partial charge in [-0.15, -0.1) is 0 Å². The van der Waals surface area contributed by atoms with Gasteiger partial charge >= 0.3 is 5.97 Å². The van der Waals surface area contributed by atoms with Gasteiger partial charge in [-0.2, -0.15) is 23.0 Å². The molecule has 3 heterocycles. The summed E-state index contributed by atoms with van der Waals surface area (Å²) in [5, 5.41) is 32.1. The molecule has 0 saturated heterocycles. The minimum Gasteiger partial charge on any atom is -0.480 e. The smallest absolute Gasteiger partial charge is 0.323 e. The van der Waals surface area contributed by atoms with Gasteiger partial charge in [0.1, 0.15) is 22.3 Å². The van der Waals surface area contributed by atoms with Gasteiger partial charge in [-0.05, 0) is 74.2 Å². The van der Waals surface area contributed by atoms with Crippen LogP contribution in [0.1, 0.15) is 55.0 Å². The molecular formula is C42H44N10O11S2. The molecule has 3 aromatic carbocycles. The fourth-order valence-electron chi connectivity index (χ4n) is 6.94. The zero-order valence-corrected chi connectivity index (χ0v) is 36.6. The molecule has 65 heavy (non-hydrogen) atoms. The highest BCUT2D eigenvalue weighted by Gasteiger charge is 2.29. The number of aliphatic carboxylic acids is 1. The number of hydrazone groups is 1. The van der Waals surface area contributed by atoms with Crippen molar-refractivity contribution in [3.63, 3.8) is 0 Å². The van der Waals surface area contributed by atoms with Crippen molar-refractivity contribution in [3.8, 4) is 0 Å². The predicted octanol–water partition coefficient (Wildman–Crippen LogP) is 3.04. The molecule has 6 rings (SSSR count). The molecular weight excluding hydrogens is 885 g/mol. The topological polar surface area (TPSA) is 305 Å². The Hall–Kier alpha value is -7.47. The van der Waals surface area contributed by atoms with Crippen molar-refractivity contribution in [1.29, 1.82) is 0 Å². The minimum absolute atomic E-state index is 0.0827. The molecule has 0 fully saturated rings. The molecule has 8 N–H and O–H groups in total. The third kappa shape index (κ3) is 11.6. The lowest BCUT2D eigenvalue weighted by molar-refractivity contribution is -0.138. The Balaban J connectivity index is 1.15. The first-order chi connectivity index (χ1) is 30.8. The zero-order chi connectivity index (χ0) is 47.1. The van der Waals surface area contributed by atoms with E-state index < -0.39 is 55.9 Å². The molecule has 1 unspecified atom stereocenters. The number of anilines is 2. The van der Waals surface area contributed by atoms with Gasteiger partial charge < -0.3 is 30.8 Å². The number of carboxylic acid groups (broad SMARTS) is 1. The van der Waals surface area contributed by atoms with E-state index in [0.717, 1.165) is 10.3 Å². The lowest BCUT2D eigenvalue weighted by Crippen LogP contribution is -2.49. The van der Waals surface area contributed by atoms with Gasteiger partial charge in [-0.3, -0.25) is 29.2 Å². The number of amides is 2. The van der Waals surface area contributed by atoms with Crippen molar-refractivity contribution in [2.75, 3.05) is 23.8 Å². The van der Waals surface area contributed by atoms with E-state index in [1.54, 1.807) is 55.7 Å². The third-order valence-electron chi connectivity index (χ3n) is 9.87. The molecule has 0 aliphatic rings. The first kappa shape index (κ1) is 47.0. The van der Waals surface area contributed by atoms with Crippen molar-refractivity contribution in [2.45, 2.75) is 56.1 Å². The number of aromatic nitrogens is 4. The zero-order valence-electron chi connectivity index (χ0n) is 35.0. The second kappa shape index (κ2) is 19.9. The number of carbonyl (C=O) groups excluding carboxylic acids is 2. The Morgan fingerprint density at radius 2 is 1.66 bits per heavy atom. The molecule has 21 nitrogen and oxygen atoms in total. The molecule has 0 saturated carbocycles. The molecule has 0 aliphatic carbocycles. The molecule has 3 aromatic heterocycles. The number of nitrogens with one attached hydrogen (secondary N) is 5. The molecule has 340 valence electrons. The maximum atomic E-state index is 13.8. The summed E-state index contributed by atoms with van der Waals surface area (Å²) < 4.78 is 64.0. The number of fused-ring (bicyclic) bond motifs is 1. The van der Waals surface area contributed by atoms with E-state index >= 15 is 0 Å². The van der Waals surface area contributed by atoms with Crippen molar-refractivity contribution in [3.05, 3.63) is 141 Å². The van der Waals surface area contributed by atoms with Gasteiger partial charge in [0.25, 0.3) is 21.9 Å². The Morgan fingerprint density at radius 1 is 0.923 bits per heavy atom. The lowest BCUT2D eigenvalue weighted by atomic mass is 10.1. The Morgan fingerprint density at radius 3 is 2.32 bits per heavy atom. The van der Waals surface area contributed by atoms with Crippen molar-refractivity contribution < 1.29 is 46.1 Å². The first-order valence-corrected chi connectivity index (χ1v) is 22.6. The van der Waals surface area contributed by atoms with Crippen LogP contribution in [-0.2, 0) is 38.0 Å². The summed E-state index contributed by atoms with van der Waals surface area (Å²) in [6, 6.07) is 15.0. The van der Waals surface area contributed by atoms with Crippen LogP contribution in [0.15, 0.2) is 111 Å². The predicted molar refractivity (Wildman–Crippen MR) is 238 cm³/mol. The monoisotopic (exact) mass is 928 g/mol. The van der Waals surface area contributed by atoms with E-state index in [-0.39, 0.29) is 63.3 Å². The van der Waals surface area contributed by atoms with Crippen LogP contribution in [-0.4, -0.2) is 94.1 Å². The van der Waals surface area contributed by atoms with Gasteiger partial charge in [0.05, 0.1) is 34.6 Å². The van der Waals surface area contributed by atoms with E-state index in [9.17, 15) is 50.9 Å². The number of aryl methyl sites for hydroxylation is 4. The number of carboxylic acids is 1. The normalized spacial score (nSPS) is 12.2. The van der Waals surface area contributed by atoms with Gasteiger partial charge in [0.15, 0.2) is 0 Å². The molecule has 23 heteroatoms. The molecule has 1 atom stereocenters. The first-order valence-electron chi connectivity index (χ1n) is 19.7.